The molecule has 0 amide bonds. The van der Waals surface area contributed by atoms with E-state index in [-0.39, 0.29) is 12.0 Å². The molecule has 2 bridgehead atoms. The molecular formula is C24H20ClNO4. The van der Waals surface area contributed by atoms with E-state index in [1.54, 1.807) is 6.07 Å². The SMILES string of the molecule is COC(=O)[C@@H]1[C@H]2Oc3cc(Cl)ccc3[C@@H]1N(Cc1ccccc1)c1ccccc1O2. The van der Waals surface area contributed by atoms with Crippen LogP contribution in [0.15, 0.2) is 72.8 Å². The summed E-state index contributed by atoms with van der Waals surface area (Å²) in [6, 6.07) is 23.1. The Morgan fingerprint density at radius 3 is 2.53 bits per heavy atom. The second-order valence-electron chi connectivity index (χ2n) is 7.36. The maximum absolute atomic E-state index is 12.9. The molecule has 3 aromatic carbocycles. The van der Waals surface area contributed by atoms with Crippen LogP contribution >= 0.6 is 11.6 Å². The summed E-state index contributed by atoms with van der Waals surface area (Å²) >= 11 is 6.23. The lowest BCUT2D eigenvalue weighted by Gasteiger charge is -2.40. The van der Waals surface area contributed by atoms with Gasteiger partial charge in [-0.25, -0.2) is 0 Å². The normalized spacial score (nSPS) is 21.4. The second-order valence-corrected chi connectivity index (χ2v) is 7.80. The molecule has 3 atom stereocenters. The van der Waals surface area contributed by atoms with Gasteiger partial charge in [-0.1, -0.05) is 60.1 Å². The maximum atomic E-state index is 12.9. The fourth-order valence-corrected chi connectivity index (χ4v) is 4.43. The van der Waals surface area contributed by atoms with Gasteiger partial charge in [-0.2, -0.15) is 0 Å². The van der Waals surface area contributed by atoms with Gasteiger partial charge in [0.25, 0.3) is 6.29 Å². The first-order valence-corrected chi connectivity index (χ1v) is 10.1. The van der Waals surface area contributed by atoms with E-state index in [0.29, 0.717) is 23.1 Å². The highest BCUT2D eigenvalue weighted by atomic mass is 35.5. The topological polar surface area (TPSA) is 48.0 Å². The number of carbonyl (C=O) groups is 1. The molecule has 152 valence electrons. The van der Waals surface area contributed by atoms with Crippen LogP contribution in [0.1, 0.15) is 17.2 Å². The highest BCUT2D eigenvalue weighted by Crippen LogP contribution is 2.50. The van der Waals surface area contributed by atoms with E-state index in [1.165, 1.54) is 7.11 Å². The minimum absolute atomic E-state index is 0.340. The first-order valence-electron chi connectivity index (χ1n) is 9.76. The molecule has 2 aliphatic rings. The fourth-order valence-electron chi connectivity index (χ4n) is 4.26. The molecule has 0 unspecified atom stereocenters. The van der Waals surface area contributed by atoms with Gasteiger partial charge in [0, 0.05) is 17.1 Å². The van der Waals surface area contributed by atoms with Crippen molar-refractivity contribution < 1.29 is 19.0 Å². The van der Waals surface area contributed by atoms with Gasteiger partial charge >= 0.3 is 5.97 Å². The summed E-state index contributed by atoms with van der Waals surface area (Å²) in [4.78, 5) is 15.1. The first kappa shape index (κ1) is 18.8. The molecule has 6 heteroatoms. The number of anilines is 1. The zero-order valence-electron chi connectivity index (χ0n) is 16.3. The predicted octanol–water partition coefficient (Wildman–Crippen LogP) is 4.99. The number of hydrogen-bond acceptors (Lipinski definition) is 5. The van der Waals surface area contributed by atoms with Gasteiger partial charge in [0.15, 0.2) is 5.92 Å². The highest BCUT2D eigenvalue weighted by Gasteiger charge is 2.50. The third kappa shape index (κ3) is 3.15. The van der Waals surface area contributed by atoms with Crippen molar-refractivity contribution in [1.82, 2.24) is 0 Å². The molecule has 0 radical (unpaired) electrons. The Hall–Kier alpha value is -3.18. The van der Waals surface area contributed by atoms with E-state index < -0.39 is 12.2 Å². The van der Waals surface area contributed by atoms with Crippen molar-refractivity contribution in [2.24, 2.45) is 5.92 Å². The van der Waals surface area contributed by atoms with Gasteiger partial charge in [-0.15, -0.1) is 0 Å². The molecule has 30 heavy (non-hydrogen) atoms. The Kier molecular flexibility index (Phi) is 4.75. The molecule has 2 heterocycles. The van der Waals surface area contributed by atoms with Gasteiger partial charge in [0.2, 0.25) is 0 Å². The Morgan fingerprint density at radius 1 is 1.00 bits per heavy atom. The summed E-state index contributed by atoms with van der Waals surface area (Å²) in [7, 11) is 1.39. The molecule has 5 nitrogen and oxygen atoms in total. The minimum Gasteiger partial charge on any atom is -0.469 e. The van der Waals surface area contributed by atoms with Gasteiger partial charge < -0.3 is 19.1 Å². The van der Waals surface area contributed by atoms with Crippen molar-refractivity contribution >= 4 is 23.3 Å². The van der Waals surface area contributed by atoms with Crippen LogP contribution in [0.3, 0.4) is 0 Å². The van der Waals surface area contributed by atoms with Crippen LogP contribution in [0.5, 0.6) is 11.5 Å². The number of benzene rings is 3. The third-order valence-electron chi connectivity index (χ3n) is 5.59. The van der Waals surface area contributed by atoms with Crippen molar-refractivity contribution in [2.75, 3.05) is 12.0 Å². The number of halogens is 1. The third-order valence-corrected chi connectivity index (χ3v) is 5.83. The Morgan fingerprint density at radius 2 is 1.73 bits per heavy atom. The lowest BCUT2D eigenvalue weighted by molar-refractivity contribution is -0.159. The monoisotopic (exact) mass is 421 g/mol. The summed E-state index contributed by atoms with van der Waals surface area (Å²) in [6.45, 7) is 0.591. The lowest BCUT2D eigenvalue weighted by Crippen LogP contribution is -2.48. The molecule has 0 fully saturated rings. The number of carbonyl (C=O) groups excluding carboxylic acids is 1. The molecule has 0 saturated carbocycles. The fraction of sp³-hybridized carbons (Fsp3) is 0.208. The Labute approximate surface area is 179 Å². The van der Waals surface area contributed by atoms with E-state index in [1.807, 2.05) is 54.6 Å². The van der Waals surface area contributed by atoms with Crippen molar-refractivity contribution in [2.45, 2.75) is 18.9 Å². The van der Waals surface area contributed by atoms with Crippen molar-refractivity contribution in [3.05, 3.63) is 88.9 Å². The summed E-state index contributed by atoms with van der Waals surface area (Å²) in [5, 5.41) is 0.564. The zero-order valence-corrected chi connectivity index (χ0v) is 17.1. The number of rotatable bonds is 3. The molecule has 3 aromatic rings. The molecule has 0 aromatic heterocycles. The van der Waals surface area contributed by atoms with E-state index in [9.17, 15) is 4.79 Å². The van der Waals surface area contributed by atoms with Crippen LogP contribution in [0.2, 0.25) is 5.02 Å². The van der Waals surface area contributed by atoms with E-state index in [0.717, 1.165) is 16.8 Å². The van der Waals surface area contributed by atoms with E-state index >= 15 is 0 Å². The molecule has 0 spiro atoms. The van der Waals surface area contributed by atoms with Gasteiger partial charge in [-0.3, -0.25) is 4.79 Å². The van der Waals surface area contributed by atoms with E-state index in [4.69, 9.17) is 25.8 Å². The molecule has 0 N–H and O–H groups in total. The number of nitrogens with zero attached hydrogens (tertiary/aromatic N) is 1. The van der Waals surface area contributed by atoms with Gasteiger partial charge in [0.1, 0.15) is 11.5 Å². The second kappa shape index (κ2) is 7.58. The smallest absolute Gasteiger partial charge is 0.318 e. The first-order chi connectivity index (χ1) is 14.7. The predicted molar refractivity (Wildman–Crippen MR) is 114 cm³/mol. The molecule has 2 aliphatic heterocycles. The molecular weight excluding hydrogens is 402 g/mol. The average molecular weight is 422 g/mol. The quantitative estimate of drug-likeness (QED) is 0.558. The number of para-hydroxylation sites is 2. The molecule has 0 saturated heterocycles. The van der Waals surface area contributed by atoms with E-state index in [2.05, 4.69) is 17.0 Å². The van der Waals surface area contributed by atoms with Gasteiger partial charge in [-0.05, 0) is 29.8 Å². The minimum atomic E-state index is -0.824. The van der Waals surface area contributed by atoms with Crippen LogP contribution in [-0.4, -0.2) is 19.4 Å². The van der Waals surface area contributed by atoms with Crippen LogP contribution in [0, 0.1) is 5.92 Å². The lowest BCUT2D eigenvalue weighted by atomic mass is 9.87. The largest absolute Gasteiger partial charge is 0.469 e. The van der Waals surface area contributed by atoms with Crippen molar-refractivity contribution in [3.63, 3.8) is 0 Å². The van der Waals surface area contributed by atoms with Crippen LogP contribution in [-0.2, 0) is 16.1 Å². The van der Waals surface area contributed by atoms with Crippen LogP contribution < -0.4 is 14.4 Å². The van der Waals surface area contributed by atoms with Crippen LogP contribution in [0.25, 0.3) is 0 Å². The maximum Gasteiger partial charge on any atom is 0.318 e. The Bertz CT molecular complexity index is 1090. The van der Waals surface area contributed by atoms with Crippen molar-refractivity contribution in [3.8, 4) is 11.5 Å². The zero-order chi connectivity index (χ0) is 20.7. The number of fused-ring (bicyclic) bond motifs is 5. The van der Waals surface area contributed by atoms with Crippen molar-refractivity contribution in [1.29, 1.82) is 0 Å². The molecule has 5 rings (SSSR count). The Balaban J connectivity index is 1.72. The number of hydrogen-bond donors (Lipinski definition) is 0. The summed E-state index contributed by atoms with van der Waals surface area (Å²) in [5.41, 5.74) is 2.90. The number of ether oxygens (including phenoxy) is 3. The van der Waals surface area contributed by atoms with Crippen LogP contribution in [0.4, 0.5) is 5.69 Å². The summed E-state index contributed by atoms with van der Waals surface area (Å²) < 4.78 is 17.5. The number of methoxy groups -OCH3 is 1. The molecule has 0 aliphatic carbocycles. The average Bonchev–Trinajstić information content (AvgIpc) is 2.86. The summed E-state index contributed by atoms with van der Waals surface area (Å²) in [6.07, 6.45) is -0.824. The van der Waals surface area contributed by atoms with Gasteiger partial charge in [0.05, 0.1) is 18.8 Å². The standard InChI is InChI=1S/C24H20ClNO4/c1-28-23(27)21-22-17-12-11-16(25)13-20(17)30-24(21)29-19-10-6-5-9-18(19)26(22)14-15-7-3-2-4-8-15/h2-13,21-22,24H,14H2,1H3/t21-,22+,24-/m1/s1. The summed E-state index contributed by atoms with van der Waals surface area (Å²) in [5.74, 6) is 0.230. The highest BCUT2D eigenvalue weighted by molar-refractivity contribution is 6.30. The number of esters is 1.